The highest BCUT2D eigenvalue weighted by molar-refractivity contribution is 8.77. The first-order valence-electron chi connectivity index (χ1n) is 9.84. The molecule has 0 aliphatic rings. The summed E-state index contributed by atoms with van der Waals surface area (Å²) in [7, 11) is 3.43. The molecule has 0 heterocycles. The Morgan fingerprint density at radius 3 is 1.39 bits per heavy atom. The van der Waals surface area contributed by atoms with Gasteiger partial charge in [-0.3, -0.25) is 19.2 Å². The molecule has 0 saturated heterocycles. The van der Waals surface area contributed by atoms with Gasteiger partial charge in [-0.1, -0.05) is 43.2 Å². The van der Waals surface area contributed by atoms with Crippen molar-refractivity contribution in [3.8, 4) is 0 Å². The Bertz CT molecular complexity index is 853. The van der Waals surface area contributed by atoms with E-state index in [2.05, 4.69) is 0 Å². The maximum Gasteiger partial charge on any atom is 0.332 e. The molecule has 0 aromatic carbocycles. The highest BCUT2D eigenvalue weighted by Gasteiger charge is 2.46. The smallest absolute Gasteiger partial charge is 0.332 e. The standard InChI is InChI=1S/C17H29N5O10S4/c18-7(11(24)17(22,15(31)32)6-36-34-4-9(20)13(27)28)1-2-10(23)16(21,14(29)30)5-35-33-3-8(19)12(25)26/h7-9H,1-6,18-22H2,(H,25,26)(H,27,28)(H,29,30)(H,31,32). The van der Waals surface area contributed by atoms with Crippen LogP contribution in [0.4, 0.5) is 0 Å². The van der Waals surface area contributed by atoms with Gasteiger partial charge in [0.2, 0.25) is 0 Å². The molecule has 36 heavy (non-hydrogen) atoms. The topological polar surface area (TPSA) is 313 Å². The van der Waals surface area contributed by atoms with Crippen LogP contribution in [-0.4, -0.2) is 108 Å². The minimum absolute atomic E-state index is 0.0738. The van der Waals surface area contributed by atoms with Crippen molar-refractivity contribution in [2.45, 2.75) is 42.0 Å². The zero-order valence-electron chi connectivity index (χ0n) is 18.7. The number of carbonyl (C=O) groups is 6. The van der Waals surface area contributed by atoms with E-state index in [0.29, 0.717) is 0 Å². The van der Waals surface area contributed by atoms with Gasteiger partial charge < -0.3 is 49.1 Å². The van der Waals surface area contributed by atoms with Crippen molar-refractivity contribution in [1.82, 2.24) is 0 Å². The molecule has 5 unspecified atom stereocenters. The lowest BCUT2D eigenvalue weighted by atomic mass is 9.87. The summed E-state index contributed by atoms with van der Waals surface area (Å²) in [6.07, 6.45) is -1.03. The van der Waals surface area contributed by atoms with Crippen molar-refractivity contribution in [2.75, 3.05) is 23.0 Å². The maximum atomic E-state index is 12.7. The molecule has 5 atom stereocenters. The first kappa shape index (κ1) is 34.4. The van der Waals surface area contributed by atoms with Gasteiger partial charge in [0.25, 0.3) is 0 Å². The average Bonchev–Trinajstić information content (AvgIpc) is 2.80. The third-order valence-corrected chi connectivity index (χ3v) is 9.58. The number of carboxylic acid groups (broad SMARTS) is 4. The Kier molecular flexibility index (Phi) is 14.9. The lowest BCUT2D eigenvalue weighted by Crippen LogP contribution is -2.62. The fraction of sp³-hybridized carbons (Fsp3) is 0.647. The third kappa shape index (κ3) is 10.4. The number of nitrogens with two attached hydrogens (primary N) is 5. The molecule has 0 aromatic rings. The largest absolute Gasteiger partial charge is 0.480 e. The van der Waals surface area contributed by atoms with Gasteiger partial charge >= 0.3 is 23.9 Å². The molecular formula is C17H29N5O10S4. The first-order chi connectivity index (χ1) is 16.5. The van der Waals surface area contributed by atoms with E-state index in [1.54, 1.807) is 0 Å². The molecule has 0 aromatic heterocycles. The molecule has 0 saturated carbocycles. The summed E-state index contributed by atoms with van der Waals surface area (Å²) in [5, 5.41) is 36.4. The van der Waals surface area contributed by atoms with Crippen LogP contribution >= 0.6 is 43.2 Å². The van der Waals surface area contributed by atoms with Crippen LogP contribution in [0.2, 0.25) is 0 Å². The summed E-state index contributed by atoms with van der Waals surface area (Å²) < 4.78 is 0. The number of aliphatic carboxylic acids is 4. The molecule has 0 fully saturated rings. The van der Waals surface area contributed by atoms with Crippen LogP contribution in [-0.2, 0) is 28.8 Å². The Labute approximate surface area is 221 Å². The molecule has 0 amide bonds. The zero-order chi connectivity index (χ0) is 28.3. The average molecular weight is 592 g/mol. The van der Waals surface area contributed by atoms with Gasteiger partial charge in [-0.15, -0.1) is 0 Å². The molecule has 0 radical (unpaired) electrons. The quantitative estimate of drug-likeness (QED) is 0.0397. The van der Waals surface area contributed by atoms with Crippen LogP contribution in [0, 0.1) is 0 Å². The number of hydrogen-bond acceptors (Lipinski definition) is 15. The van der Waals surface area contributed by atoms with Gasteiger partial charge in [0.05, 0.1) is 6.04 Å². The van der Waals surface area contributed by atoms with Crippen molar-refractivity contribution in [3.05, 3.63) is 0 Å². The number of carbonyl (C=O) groups excluding carboxylic acids is 2. The number of hydrogen-bond donors (Lipinski definition) is 9. The Morgan fingerprint density at radius 2 is 1.03 bits per heavy atom. The SMILES string of the molecule is NC(CSSCC(N)(C(=O)O)C(=O)CCC(N)C(=O)C(N)(CSSCC(N)C(=O)O)C(=O)O)C(=O)O. The van der Waals surface area contributed by atoms with E-state index in [-0.39, 0.29) is 11.5 Å². The molecule has 0 spiro atoms. The van der Waals surface area contributed by atoms with Crippen molar-refractivity contribution in [2.24, 2.45) is 28.7 Å². The van der Waals surface area contributed by atoms with Crippen molar-refractivity contribution in [3.63, 3.8) is 0 Å². The van der Waals surface area contributed by atoms with Gasteiger partial charge in [-0.05, 0) is 6.42 Å². The van der Waals surface area contributed by atoms with E-state index in [0.717, 1.165) is 43.2 Å². The lowest BCUT2D eigenvalue weighted by molar-refractivity contribution is -0.148. The summed E-state index contributed by atoms with van der Waals surface area (Å²) in [6, 6.07) is -3.95. The number of rotatable bonds is 20. The van der Waals surface area contributed by atoms with Gasteiger partial charge in [0.1, 0.15) is 12.1 Å². The fourth-order valence-electron chi connectivity index (χ4n) is 2.13. The molecule has 0 bridgehead atoms. The molecule has 14 N–H and O–H groups in total. The summed E-state index contributed by atoms with van der Waals surface area (Å²) in [5.41, 5.74) is 23.1. The molecule has 0 rings (SSSR count). The van der Waals surface area contributed by atoms with Gasteiger partial charge in [-0.25, -0.2) is 9.59 Å². The predicted molar refractivity (Wildman–Crippen MR) is 137 cm³/mol. The Balaban J connectivity index is 5.05. The molecule has 0 aliphatic heterocycles. The molecular weight excluding hydrogens is 562 g/mol. The minimum Gasteiger partial charge on any atom is -0.480 e. The summed E-state index contributed by atoms with van der Waals surface area (Å²) in [6.45, 7) is 0. The van der Waals surface area contributed by atoms with Crippen LogP contribution < -0.4 is 28.7 Å². The third-order valence-electron chi connectivity index (χ3n) is 4.59. The second-order valence-corrected chi connectivity index (χ2v) is 12.5. The lowest BCUT2D eigenvalue weighted by Gasteiger charge is -2.27. The highest BCUT2D eigenvalue weighted by atomic mass is 33.1. The molecule has 0 aliphatic carbocycles. The second-order valence-electron chi connectivity index (χ2n) is 7.47. The van der Waals surface area contributed by atoms with Gasteiger partial charge in [0.15, 0.2) is 22.6 Å². The van der Waals surface area contributed by atoms with Gasteiger partial charge in [-0.2, -0.15) is 0 Å². The van der Waals surface area contributed by atoms with E-state index in [1.165, 1.54) is 0 Å². The van der Waals surface area contributed by atoms with E-state index >= 15 is 0 Å². The number of carboxylic acids is 4. The maximum absolute atomic E-state index is 12.7. The summed E-state index contributed by atoms with van der Waals surface area (Å²) >= 11 is 0. The highest BCUT2D eigenvalue weighted by Crippen LogP contribution is 2.28. The predicted octanol–water partition coefficient (Wildman–Crippen LogP) is -2.62. The van der Waals surface area contributed by atoms with Gasteiger partial charge in [0, 0.05) is 29.4 Å². The van der Waals surface area contributed by atoms with Crippen LogP contribution in [0.25, 0.3) is 0 Å². The van der Waals surface area contributed by atoms with E-state index in [9.17, 15) is 39.0 Å². The van der Waals surface area contributed by atoms with Crippen LogP contribution in [0.1, 0.15) is 12.8 Å². The monoisotopic (exact) mass is 591 g/mol. The van der Waals surface area contributed by atoms with E-state index in [4.69, 9.17) is 38.9 Å². The number of Topliss-reactive ketones (excluding diaryl/α,β-unsaturated/α-hetero) is 2. The fourth-order valence-corrected chi connectivity index (χ4v) is 7.06. The van der Waals surface area contributed by atoms with Crippen LogP contribution in [0.3, 0.4) is 0 Å². The minimum atomic E-state index is -2.46. The molecule has 206 valence electrons. The Morgan fingerprint density at radius 1 is 0.639 bits per heavy atom. The summed E-state index contributed by atoms with van der Waals surface area (Å²) in [5.74, 6) is -9.07. The molecule has 19 heteroatoms. The summed E-state index contributed by atoms with van der Waals surface area (Å²) in [4.78, 5) is 70.0. The number of ketones is 2. The van der Waals surface area contributed by atoms with Crippen LogP contribution in [0.15, 0.2) is 0 Å². The Hall–Kier alpha value is -1.58. The van der Waals surface area contributed by atoms with Crippen molar-refractivity contribution >= 4 is 78.6 Å². The van der Waals surface area contributed by atoms with Crippen molar-refractivity contribution < 1.29 is 49.2 Å². The van der Waals surface area contributed by atoms with Crippen LogP contribution in [0.5, 0.6) is 0 Å². The van der Waals surface area contributed by atoms with Crippen molar-refractivity contribution in [1.29, 1.82) is 0 Å². The molecule has 15 nitrogen and oxygen atoms in total. The van der Waals surface area contributed by atoms with E-state index < -0.39 is 89.0 Å². The first-order valence-corrected chi connectivity index (χ1v) is 14.8. The second kappa shape index (κ2) is 15.6. The zero-order valence-corrected chi connectivity index (χ0v) is 22.0. The normalized spacial score (nSPS) is 17.1. The van der Waals surface area contributed by atoms with E-state index in [1.807, 2.05) is 0 Å².